The van der Waals surface area contributed by atoms with Crippen molar-refractivity contribution >= 4 is 55.9 Å². The number of fused-ring (bicyclic) bond motifs is 1. The number of para-hydroxylation sites is 1. The first-order valence-corrected chi connectivity index (χ1v) is 14.9. The largest absolute Gasteiger partial charge is 0.354 e. The van der Waals surface area contributed by atoms with Crippen LogP contribution in [0.4, 0.5) is 22.7 Å². The summed E-state index contributed by atoms with van der Waals surface area (Å²) in [7, 11) is -3.92. The number of anilines is 4. The number of nitrogens with two attached hydrogens (primary N) is 1. The van der Waals surface area contributed by atoms with Crippen LogP contribution in [0.1, 0.15) is 24.5 Å². The molecule has 0 radical (unpaired) electrons. The third kappa shape index (κ3) is 6.19. The lowest BCUT2D eigenvalue weighted by Gasteiger charge is -2.21. The smallest absolute Gasteiger partial charge is 0.261 e. The van der Waals surface area contributed by atoms with Gasteiger partial charge in [0.2, 0.25) is 5.91 Å². The molecule has 0 fully saturated rings. The van der Waals surface area contributed by atoms with Crippen LogP contribution in [0, 0.1) is 0 Å². The van der Waals surface area contributed by atoms with Gasteiger partial charge in [-0.05, 0) is 73.1 Å². The topological polar surface area (TPSA) is 134 Å². The minimum Gasteiger partial charge on any atom is -0.354 e. The zero-order chi connectivity index (χ0) is 29.7. The second-order valence-electron chi connectivity index (χ2n) is 9.73. The Labute approximate surface area is 245 Å². The number of benzene rings is 4. The maximum absolute atomic E-state index is 13.4. The van der Waals surface area contributed by atoms with Crippen LogP contribution in [0.3, 0.4) is 0 Å². The van der Waals surface area contributed by atoms with E-state index in [1.807, 2.05) is 54.6 Å². The van der Waals surface area contributed by atoms with Crippen molar-refractivity contribution in [3.63, 3.8) is 0 Å². The quantitative estimate of drug-likeness (QED) is 0.192. The summed E-state index contributed by atoms with van der Waals surface area (Å²) < 4.78 is 29.1. The van der Waals surface area contributed by atoms with Crippen LogP contribution in [-0.4, -0.2) is 33.3 Å². The Bertz CT molecular complexity index is 1740. The molecule has 0 unspecified atom stereocenters. The molecule has 42 heavy (non-hydrogen) atoms. The maximum atomic E-state index is 13.4. The van der Waals surface area contributed by atoms with Crippen LogP contribution in [-0.2, 0) is 19.6 Å². The van der Waals surface area contributed by atoms with Crippen LogP contribution < -0.4 is 26.0 Å². The van der Waals surface area contributed by atoms with Gasteiger partial charge in [-0.3, -0.25) is 14.3 Å². The number of amides is 2. The molecule has 214 valence electrons. The second kappa shape index (κ2) is 12.3. The number of nitrogens with one attached hydrogen (secondary N) is 3. The van der Waals surface area contributed by atoms with Gasteiger partial charge in [-0.1, -0.05) is 48.5 Å². The molecule has 10 heteroatoms. The van der Waals surface area contributed by atoms with Crippen molar-refractivity contribution < 1.29 is 18.0 Å². The molecule has 0 spiro atoms. The molecular formula is C32H31N5O4S. The van der Waals surface area contributed by atoms with Gasteiger partial charge in [-0.25, -0.2) is 8.42 Å². The highest BCUT2D eigenvalue weighted by Gasteiger charge is 2.30. The molecule has 1 aliphatic rings. The number of hydrogen-bond donors (Lipinski definition) is 4. The van der Waals surface area contributed by atoms with Gasteiger partial charge in [0.25, 0.3) is 15.9 Å². The van der Waals surface area contributed by atoms with E-state index in [2.05, 4.69) is 15.4 Å². The summed E-state index contributed by atoms with van der Waals surface area (Å²) >= 11 is 0. The first-order chi connectivity index (χ1) is 20.3. The SMILES string of the molecule is CC(=O)N(CCCN)c1ccc(NC(=C2C(=O)Nc3ccc(S(=O)(=O)Nc4ccccc4)cc32)c2ccccc2)cc1. The van der Waals surface area contributed by atoms with Gasteiger partial charge >= 0.3 is 0 Å². The number of carbonyl (C=O) groups excluding carboxylic acids is 2. The minimum absolute atomic E-state index is 0.0256. The Morgan fingerprint density at radius 1 is 0.881 bits per heavy atom. The van der Waals surface area contributed by atoms with E-state index in [-0.39, 0.29) is 16.7 Å². The second-order valence-corrected chi connectivity index (χ2v) is 11.4. The van der Waals surface area contributed by atoms with E-state index in [1.165, 1.54) is 19.1 Å². The Morgan fingerprint density at radius 3 is 2.19 bits per heavy atom. The summed E-state index contributed by atoms with van der Waals surface area (Å²) in [5, 5.41) is 6.24. The average molecular weight is 582 g/mol. The lowest BCUT2D eigenvalue weighted by Crippen LogP contribution is -2.30. The van der Waals surface area contributed by atoms with Gasteiger partial charge in [-0.2, -0.15) is 0 Å². The zero-order valence-electron chi connectivity index (χ0n) is 23.0. The predicted octanol–water partition coefficient (Wildman–Crippen LogP) is 5.12. The Hall–Kier alpha value is -4.93. The number of hydrogen-bond acceptors (Lipinski definition) is 6. The maximum Gasteiger partial charge on any atom is 0.261 e. The summed E-state index contributed by atoms with van der Waals surface area (Å²) in [6, 6.07) is 29.8. The molecule has 0 aromatic heterocycles. The molecule has 4 aromatic carbocycles. The lowest BCUT2D eigenvalue weighted by atomic mass is 10.00. The fourth-order valence-electron chi connectivity index (χ4n) is 4.75. The van der Waals surface area contributed by atoms with Crippen molar-refractivity contribution in [1.82, 2.24) is 0 Å². The standard InChI is InChI=1S/C32H31N5O4S/c1-22(38)37(20-8-19-33)26-15-13-24(14-16-26)34-31(23-9-4-2-5-10-23)30-28-21-27(17-18-29(28)35-32(30)39)42(40,41)36-25-11-6-3-7-12-25/h2-7,9-18,21,34,36H,8,19-20,33H2,1H3,(H,35,39). The number of rotatable bonds is 10. The van der Waals surface area contributed by atoms with E-state index in [1.54, 1.807) is 41.3 Å². The molecular weight excluding hydrogens is 550 g/mol. The van der Waals surface area contributed by atoms with Crippen molar-refractivity contribution in [3.05, 3.63) is 114 Å². The molecule has 5 N–H and O–H groups in total. The van der Waals surface area contributed by atoms with E-state index in [4.69, 9.17) is 5.73 Å². The highest BCUT2D eigenvalue weighted by Crippen LogP contribution is 2.39. The Morgan fingerprint density at radius 2 is 1.55 bits per heavy atom. The molecule has 5 rings (SSSR count). The molecule has 4 aromatic rings. The molecule has 0 aliphatic carbocycles. The van der Waals surface area contributed by atoms with Crippen LogP contribution in [0.25, 0.3) is 11.3 Å². The molecule has 0 atom stereocenters. The normalized spacial score (nSPS) is 13.6. The van der Waals surface area contributed by atoms with Crippen molar-refractivity contribution in [3.8, 4) is 0 Å². The van der Waals surface area contributed by atoms with Gasteiger partial charge in [0.1, 0.15) is 0 Å². The van der Waals surface area contributed by atoms with Crippen LogP contribution >= 0.6 is 0 Å². The molecule has 1 heterocycles. The van der Waals surface area contributed by atoms with Crippen molar-refractivity contribution in [2.75, 3.05) is 33.3 Å². The van der Waals surface area contributed by atoms with E-state index < -0.39 is 10.0 Å². The zero-order valence-corrected chi connectivity index (χ0v) is 23.8. The van der Waals surface area contributed by atoms with Gasteiger partial charge in [0, 0.05) is 41.8 Å². The molecule has 1 aliphatic heterocycles. The third-order valence-electron chi connectivity index (χ3n) is 6.80. The number of nitrogens with zero attached hydrogens (tertiary/aromatic N) is 1. The summed E-state index contributed by atoms with van der Waals surface area (Å²) in [5.74, 6) is -0.439. The first-order valence-electron chi connectivity index (χ1n) is 13.5. The average Bonchev–Trinajstić information content (AvgIpc) is 3.32. The minimum atomic E-state index is -3.92. The van der Waals surface area contributed by atoms with Gasteiger partial charge in [0.15, 0.2) is 0 Å². The monoisotopic (exact) mass is 581 g/mol. The summed E-state index contributed by atoms with van der Waals surface area (Å²) in [5.41, 5.74) is 10.0. The van der Waals surface area contributed by atoms with E-state index in [0.717, 1.165) is 11.3 Å². The van der Waals surface area contributed by atoms with Crippen molar-refractivity contribution in [2.24, 2.45) is 5.73 Å². The van der Waals surface area contributed by atoms with Gasteiger partial charge in [0.05, 0.1) is 16.2 Å². The third-order valence-corrected chi connectivity index (χ3v) is 8.18. The lowest BCUT2D eigenvalue weighted by molar-refractivity contribution is -0.116. The van der Waals surface area contributed by atoms with Gasteiger partial charge in [-0.15, -0.1) is 0 Å². The highest BCUT2D eigenvalue weighted by atomic mass is 32.2. The molecule has 0 saturated heterocycles. The molecule has 0 bridgehead atoms. The Kier molecular flexibility index (Phi) is 8.37. The van der Waals surface area contributed by atoms with Crippen LogP contribution in [0.2, 0.25) is 0 Å². The summed E-state index contributed by atoms with van der Waals surface area (Å²) in [6.45, 7) is 2.51. The Balaban J connectivity index is 1.55. The predicted molar refractivity (Wildman–Crippen MR) is 167 cm³/mol. The molecule has 0 saturated carbocycles. The van der Waals surface area contributed by atoms with E-state index in [9.17, 15) is 18.0 Å². The van der Waals surface area contributed by atoms with E-state index >= 15 is 0 Å². The molecule has 2 amide bonds. The fraction of sp³-hybridized carbons (Fsp3) is 0.125. The van der Waals surface area contributed by atoms with E-state index in [0.29, 0.717) is 53.4 Å². The van der Waals surface area contributed by atoms with Crippen LogP contribution in [0.5, 0.6) is 0 Å². The summed E-state index contributed by atoms with van der Waals surface area (Å²) in [4.78, 5) is 27.3. The van der Waals surface area contributed by atoms with Crippen LogP contribution in [0.15, 0.2) is 108 Å². The first kappa shape index (κ1) is 28.6. The van der Waals surface area contributed by atoms with Crippen molar-refractivity contribution in [1.29, 1.82) is 0 Å². The summed E-state index contributed by atoms with van der Waals surface area (Å²) in [6.07, 6.45) is 0.678. The number of sulfonamides is 1. The highest BCUT2D eigenvalue weighted by molar-refractivity contribution is 7.92. The van der Waals surface area contributed by atoms with Gasteiger partial charge < -0.3 is 21.3 Å². The van der Waals surface area contributed by atoms with Crippen molar-refractivity contribution in [2.45, 2.75) is 18.2 Å². The number of carbonyl (C=O) groups is 2. The fourth-order valence-corrected chi connectivity index (χ4v) is 5.84. The molecule has 9 nitrogen and oxygen atoms in total.